The molecule has 5 nitrogen and oxygen atoms in total. The zero-order chi connectivity index (χ0) is 15.9. The van der Waals surface area contributed by atoms with E-state index < -0.39 is 16.0 Å². The predicted octanol–water partition coefficient (Wildman–Crippen LogP) is 2.90. The number of nitrogens with zero attached hydrogens (tertiary/aromatic N) is 1. The second-order valence-corrected chi connectivity index (χ2v) is 7.71. The molecule has 0 amide bonds. The van der Waals surface area contributed by atoms with Gasteiger partial charge in [-0.25, -0.2) is 13.2 Å². The predicted molar refractivity (Wildman–Crippen MR) is 85.8 cm³/mol. The lowest BCUT2D eigenvalue weighted by Crippen LogP contribution is -2.29. The molecule has 2 aromatic carbocycles. The highest BCUT2D eigenvalue weighted by Crippen LogP contribution is 2.34. The number of halogens is 1. The first-order chi connectivity index (χ1) is 10.4. The van der Waals surface area contributed by atoms with Crippen molar-refractivity contribution in [2.45, 2.75) is 11.3 Å². The summed E-state index contributed by atoms with van der Waals surface area (Å²) in [5.74, 6) is -1.15. The van der Waals surface area contributed by atoms with Crippen molar-refractivity contribution in [1.29, 1.82) is 0 Å². The Kier molecular flexibility index (Phi) is 3.70. The summed E-state index contributed by atoms with van der Waals surface area (Å²) in [6.07, 6.45) is 0.632. The number of hydrogen-bond donors (Lipinski definition) is 1. The van der Waals surface area contributed by atoms with Crippen LogP contribution in [0.4, 0.5) is 5.69 Å². The molecule has 1 aliphatic rings. The maximum absolute atomic E-state index is 12.8. The molecule has 0 atom stereocenters. The van der Waals surface area contributed by atoms with Crippen LogP contribution >= 0.6 is 15.9 Å². The molecule has 22 heavy (non-hydrogen) atoms. The van der Waals surface area contributed by atoms with Crippen molar-refractivity contribution < 1.29 is 18.3 Å². The van der Waals surface area contributed by atoms with Gasteiger partial charge in [-0.05, 0) is 48.4 Å². The number of anilines is 1. The highest BCUT2D eigenvalue weighted by atomic mass is 79.9. The molecule has 0 aliphatic carbocycles. The Morgan fingerprint density at radius 2 is 1.95 bits per heavy atom. The van der Waals surface area contributed by atoms with Gasteiger partial charge in [0.05, 0.1) is 16.1 Å². The number of sulfonamides is 1. The highest BCUT2D eigenvalue weighted by Gasteiger charge is 2.31. The lowest BCUT2D eigenvalue weighted by atomic mass is 10.2. The van der Waals surface area contributed by atoms with E-state index >= 15 is 0 Å². The summed E-state index contributed by atoms with van der Waals surface area (Å²) >= 11 is 3.37. The smallest absolute Gasteiger partial charge is 0.335 e. The monoisotopic (exact) mass is 381 g/mol. The summed E-state index contributed by atoms with van der Waals surface area (Å²) in [6, 6.07) is 10.9. The number of carbonyl (C=O) groups is 1. The van der Waals surface area contributed by atoms with E-state index in [9.17, 15) is 13.2 Å². The standard InChI is InChI=1S/C15H12BrNO4S/c16-12-4-5-14-10(8-12)6-7-17(14)22(20,21)13-3-1-2-11(9-13)15(18)19/h1-5,8-9H,6-7H2,(H,18,19). The third-order valence-corrected chi connectivity index (χ3v) is 5.87. The SMILES string of the molecule is O=C(O)c1cccc(S(=O)(=O)N2CCc3cc(Br)ccc32)c1. The molecule has 0 aromatic heterocycles. The van der Waals surface area contributed by atoms with Crippen molar-refractivity contribution in [3.63, 3.8) is 0 Å². The van der Waals surface area contributed by atoms with Crippen molar-refractivity contribution in [2.75, 3.05) is 10.8 Å². The lowest BCUT2D eigenvalue weighted by Gasteiger charge is -2.19. The van der Waals surface area contributed by atoms with Crippen LogP contribution in [0.3, 0.4) is 0 Å². The minimum atomic E-state index is -3.77. The molecule has 1 heterocycles. The van der Waals surface area contributed by atoms with Crippen molar-refractivity contribution in [2.24, 2.45) is 0 Å². The summed E-state index contributed by atoms with van der Waals surface area (Å²) in [4.78, 5) is 11.0. The number of carboxylic acid groups (broad SMARTS) is 1. The number of carboxylic acids is 1. The zero-order valence-electron chi connectivity index (χ0n) is 11.4. The molecular weight excluding hydrogens is 370 g/mol. The first kappa shape index (κ1) is 15.1. The van der Waals surface area contributed by atoms with Crippen molar-refractivity contribution in [3.8, 4) is 0 Å². The molecule has 0 saturated carbocycles. The van der Waals surface area contributed by atoms with E-state index in [0.717, 1.165) is 10.0 Å². The van der Waals surface area contributed by atoms with Gasteiger partial charge < -0.3 is 5.11 Å². The van der Waals surface area contributed by atoms with Gasteiger partial charge in [0, 0.05) is 11.0 Å². The van der Waals surface area contributed by atoms with Crippen LogP contribution in [0.15, 0.2) is 51.8 Å². The van der Waals surface area contributed by atoms with Gasteiger partial charge in [0.2, 0.25) is 0 Å². The fourth-order valence-electron chi connectivity index (χ4n) is 2.51. The van der Waals surface area contributed by atoms with Gasteiger partial charge in [-0.2, -0.15) is 0 Å². The van der Waals surface area contributed by atoms with Crippen LogP contribution in [0.2, 0.25) is 0 Å². The fraction of sp³-hybridized carbons (Fsp3) is 0.133. The van der Waals surface area contributed by atoms with Crippen LogP contribution in [0.5, 0.6) is 0 Å². The van der Waals surface area contributed by atoms with Crippen LogP contribution in [0.25, 0.3) is 0 Å². The molecule has 3 rings (SSSR count). The Balaban J connectivity index is 2.06. The summed E-state index contributed by atoms with van der Waals surface area (Å²) in [6.45, 7) is 0.353. The van der Waals surface area contributed by atoms with Crippen molar-refractivity contribution >= 4 is 37.6 Å². The largest absolute Gasteiger partial charge is 0.478 e. The fourth-order valence-corrected chi connectivity index (χ4v) is 4.46. The molecule has 0 unspecified atom stereocenters. The second-order valence-electron chi connectivity index (χ2n) is 4.93. The van der Waals surface area contributed by atoms with Gasteiger partial charge >= 0.3 is 5.97 Å². The maximum atomic E-state index is 12.8. The van der Waals surface area contributed by atoms with E-state index in [2.05, 4.69) is 15.9 Å². The molecule has 0 spiro atoms. The first-order valence-corrected chi connectivity index (χ1v) is 8.77. The average molecular weight is 382 g/mol. The number of hydrogen-bond acceptors (Lipinski definition) is 3. The summed E-state index contributed by atoms with van der Waals surface area (Å²) < 4.78 is 27.8. The lowest BCUT2D eigenvalue weighted by molar-refractivity contribution is 0.0696. The van der Waals surface area contributed by atoms with Gasteiger partial charge in [0.1, 0.15) is 0 Å². The Morgan fingerprint density at radius 1 is 1.18 bits per heavy atom. The average Bonchev–Trinajstić information content (AvgIpc) is 2.91. The minimum Gasteiger partial charge on any atom is -0.478 e. The molecule has 0 bridgehead atoms. The van der Waals surface area contributed by atoms with E-state index in [1.165, 1.54) is 28.6 Å². The number of rotatable bonds is 3. The quantitative estimate of drug-likeness (QED) is 0.886. The molecule has 0 radical (unpaired) electrons. The minimum absolute atomic E-state index is 0.0110. The molecule has 0 saturated heterocycles. The molecule has 2 aromatic rings. The molecule has 7 heteroatoms. The van der Waals surface area contributed by atoms with Crippen LogP contribution in [-0.2, 0) is 16.4 Å². The summed E-state index contributed by atoms with van der Waals surface area (Å²) in [5.41, 5.74) is 1.55. The highest BCUT2D eigenvalue weighted by molar-refractivity contribution is 9.10. The second kappa shape index (κ2) is 5.40. The Hall–Kier alpha value is -1.86. The van der Waals surface area contributed by atoms with Gasteiger partial charge in [-0.3, -0.25) is 4.31 Å². The van der Waals surface area contributed by atoms with E-state index in [1.54, 1.807) is 12.1 Å². The Labute approximate surface area is 136 Å². The summed E-state index contributed by atoms with van der Waals surface area (Å²) in [5, 5.41) is 9.02. The van der Waals surface area contributed by atoms with Gasteiger partial charge in [0.15, 0.2) is 0 Å². The Bertz CT molecular complexity index is 864. The third kappa shape index (κ3) is 2.50. The molecule has 114 valence electrons. The number of aromatic carboxylic acids is 1. The normalized spacial score (nSPS) is 14.0. The van der Waals surface area contributed by atoms with E-state index in [1.807, 2.05) is 6.07 Å². The maximum Gasteiger partial charge on any atom is 0.335 e. The first-order valence-electron chi connectivity index (χ1n) is 6.54. The van der Waals surface area contributed by atoms with Crippen LogP contribution in [-0.4, -0.2) is 26.0 Å². The number of fused-ring (bicyclic) bond motifs is 1. The number of benzene rings is 2. The zero-order valence-corrected chi connectivity index (χ0v) is 13.8. The van der Waals surface area contributed by atoms with Crippen molar-refractivity contribution in [3.05, 3.63) is 58.1 Å². The third-order valence-electron chi connectivity index (χ3n) is 3.56. The molecule has 0 fully saturated rings. The van der Waals surface area contributed by atoms with Gasteiger partial charge in [-0.15, -0.1) is 0 Å². The van der Waals surface area contributed by atoms with Gasteiger partial charge in [-0.1, -0.05) is 22.0 Å². The van der Waals surface area contributed by atoms with E-state index in [4.69, 9.17) is 5.11 Å². The molecule has 1 aliphatic heterocycles. The molecular formula is C15H12BrNO4S. The topological polar surface area (TPSA) is 74.7 Å². The van der Waals surface area contributed by atoms with Crippen molar-refractivity contribution in [1.82, 2.24) is 0 Å². The van der Waals surface area contributed by atoms with Gasteiger partial charge in [0.25, 0.3) is 10.0 Å². The molecule has 1 N–H and O–H groups in total. The van der Waals surface area contributed by atoms with Crippen LogP contribution in [0.1, 0.15) is 15.9 Å². The van der Waals surface area contributed by atoms with Crippen LogP contribution in [0, 0.1) is 0 Å². The van der Waals surface area contributed by atoms with E-state index in [0.29, 0.717) is 18.7 Å². The Morgan fingerprint density at radius 3 is 2.68 bits per heavy atom. The van der Waals surface area contributed by atoms with E-state index in [-0.39, 0.29) is 10.5 Å². The summed E-state index contributed by atoms with van der Waals surface area (Å²) in [7, 11) is -3.77. The van der Waals surface area contributed by atoms with Crippen LogP contribution < -0.4 is 4.31 Å².